The van der Waals surface area contributed by atoms with Gasteiger partial charge in [0.15, 0.2) is 0 Å². The quantitative estimate of drug-likeness (QED) is 0.415. The van der Waals surface area contributed by atoms with Gasteiger partial charge in [-0.05, 0) is 73.4 Å². The Balaban J connectivity index is 0.00000160. The van der Waals surface area contributed by atoms with E-state index in [4.69, 9.17) is 17.3 Å². The van der Waals surface area contributed by atoms with E-state index in [0.29, 0.717) is 11.1 Å². The second kappa shape index (κ2) is 11.0. The van der Waals surface area contributed by atoms with Gasteiger partial charge in [-0.2, -0.15) is 0 Å². The lowest BCUT2D eigenvalue weighted by atomic mass is 9.74. The third-order valence-corrected chi connectivity index (χ3v) is 6.85. The Bertz CT molecular complexity index is 958. The van der Waals surface area contributed by atoms with Crippen molar-refractivity contribution in [2.75, 3.05) is 6.26 Å². The standard InChI is InChI=1S/C23H26ClN3S.2ClH/c1-28-19-5-2-16(3-6-19)15-27-18-8-11-23(25,12-9-18)21-10-13-26-22-14-17(24)4-7-20(21)22;;/h2-7,10,13-14,18,27H,8-9,11-12,15,25H2,1H3;2*1H. The van der Waals surface area contributed by atoms with Crippen LogP contribution >= 0.6 is 48.2 Å². The van der Waals surface area contributed by atoms with E-state index in [0.717, 1.165) is 43.1 Å². The Morgan fingerprint density at radius 3 is 2.47 bits per heavy atom. The maximum atomic E-state index is 6.90. The molecule has 1 aromatic heterocycles. The van der Waals surface area contributed by atoms with Gasteiger partial charge in [-0.25, -0.2) is 0 Å². The highest BCUT2D eigenvalue weighted by atomic mass is 35.5. The molecule has 1 aliphatic rings. The molecule has 1 heterocycles. The molecule has 0 radical (unpaired) electrons. The molecular weight excluding hydrogens is 457 g/mol. The van der Waals surface area contributed by atoms with E-state index in [-0.39, 0.29) is 30.4 Å². The summed E-state index contributed by atoms with van der Waals surface area (Å²) in [6.45, 7) is 0.910. The molecule has 1 fully saturated rings. The first-order chi connectivity index (χ1) is 13.6. The number of thioether (sulfide) groups is 1. The zero-order chi connectivity index (χ0) is 19.6. The number of nitrogens with zero attached hydrogens (tertiary/aromatic N) is 1. The highest BCUT2D eigenvalue weighted by Crippen LogP contribution is 2.38. The normalized spacial score (nSPS) is 21.0. The van der Waals surface area contributed by atoms with Crippen LogP contribution in [0.25, 0.3) is 10.9 Å². The summed E-state index contributed by atoms with van der Waals surface area (Å²) in [5.41, 5.74) is 10.0. The molecule has 0 amide bonds. The van der Waals surface area contributed by atoms with Gasteiger partial charge >= 0.3 is 0 Å². The predicted molar refractivity (Wildman–Crippen MR) is 134 cm³/mol. The van der Waals surface area contributed by atoms with Crippen molar-refractivity contribution in [1.82, 2.24) is 10.3 Å². The smallest absolute Gasteiger partial charge is 0.0720 e. The fraction of sp³-hybridized carbons (Fsp3) is 0.348. The van der Waals surface area contributed by atoms with Crippen LogP contribution in [0.1, 0.15) is 36.8 Å². The van der Waals surface area contributed by atoms with Crippen LogP contribution in [0.15, 0.2) is 59.6 Å². The summed E-state index contributed by atoms with van der Waals surface area (Å²) in [5.74, 6) is 0. The summed E-state index contributed by atoms with van der Waals surface area (Å²) in [7, 11) is 0. The van der Waals surface area contributed by atoms with Gasteiger partial charge in [0, 0.05) is 39.6 Å². The fourth-order valence-corrected chi connectivity index (χ4v) is 4.74. The van der Waals surface area contributed by atoms with Gasteiger partial charge in [0.05, 0.1) is 5.52 Å². The number of pyridine rings is 1. The average molecular weight is 485 g/mol. The molecule has 3 nitrogen and oxygen atoms in total. The minimum atomic E-state index is -0.298. The number of fused-ring (bicyclic) bond motifs is 1. The molecule has 162 valence electrons. The van der Waals surface area contributed by atoms with Crippen LogP contribution in [0, 0.1) is 0 Å². The van der Waals surface area contributed by atoms with Crippen molar-refractivity contribution in [3.63, 3.8) is 0 Å². The van der Waals surface area contributed by atoms with Crippen LogP contribution in [0.5, 0.6) is 0 Å². The second-order valence-electron chi connectivity index (χ2n) is 7.68. The van der Waals surface area contributed by atoms with E-state index in [9.17, 15) is 0 Å². The maximum Gasteiger partial charge on any atom is 0.0720 e. The third-order valence-electron chi connectivity index (χ3n) is 5.87. The molecule has 0 aliphatic heterocycles. The molecule has 0 bridgehead atoms. The number of aromatic nitrogens is 1. The summed E-state index contributed by atoms with van der Waals surface area (Å²) in [6.07, 6.45) is 8.06. The van der Waals surface area contributed by atoms with Crippen molar-refractivity contribution in [3.05, 3.63) is 70.9 Å². The average Bonchev–Trinajstić information content (AvgIpc) is 2.73. The lowest BCUT2D eigenvalue weighted by Gasteiger charge is -2.38. The van der Waals surface area contributed by atoms with Gasteiger partial charge in [-0.3, -0.25) is 4.98 Å². The van der Waals surface area contributed by atoms with E-state index in [1.807, 2.05) is 18.3 Å². The van der Waals surface area contributed by atoms with Crippen LogP contribution in [0.2, 0.25) is 5.02 Å². The van der Waals surface area contributed by atoms with Crippen LogP contribution in [0.4, 0.5) is 0 Å². The Labute approximate surface area is 200 Å². The molecule has 30 heavy (non-hydrogen) atoms. The number of hydrogen-bond donors (Lipinski definition) is 2. The van der Waals surface area contributed by atoms with Crippen LogP contribution < -0.4 is 11.1 Å². The van der Waals surface area contributed by atoms with Gasteiger partial charge < -0.3 is 11.1 Å². The van der Waals surface area contributed by atoms with Crippen molar-refractivity contribution < 1.29 is 0 Å². The molecule has 1 aliphatic carbocycles. The van der Waals surface area contributed by atoms with E-state index in [2.05, 4.69) is 53.0 Å². The monoisotopic (exact) mass is 483 g/mol. The summed E-state index contributed by atoms with van der Waals surface area (Å²) in [5, 5.41) is 5.55. The second-order valence-corrected chi connectivity index (χ2v) is 9.00. The lowest BCUT2D eigenvalue weighted by Crippen LogP contribution is -2.45. The van der Waals surface area contributed by atoms with Gasteiger partial charge in [-0.15, -0.1) is 36.6 Å². The largest absolute Gasteiger partial charge is 0.321 e. The molecule has 1 saturated carbocycles. The van der Waals surface area contributed by atoms with Gasteiger partial charge in [0.25, 0.3) is 0 Å². The molecule has 2 aromatic carbocycles. The number of nitrogens with one attached hydrogen (secondary N) is 1. The Kier molecular flexibility index (Phi) is 9.29. The molecule has 7 heteroatoms. The zero-order valence-corrected chi connectivity index (χ0v) is 20.1. The van der Waals surface area contributed by atoms with E-state index < -0.39 is 0 Å². The number of halogens is 3. The number of nitrogens with two attached hydrogens (primary N) is 1. The Morgan fingerprint density at radius 2 is 1.80 bits per heavy atom. The number of benzene rings is 2. The van der Waals surface area contributed by atoms with Crippen LogP contribution in [0.3, 0.4) is 0 Å². The van der Waals surface area contributed by atoms with Crippen molar-refractivity contribution in [1.29, 1.82) is 0 Å². The minimum Gasteiger partial charge on any atom is -0.321 e. The lowest BCUT2D eigenvalue weighted by molar-refractivity contribution is 0.252. The zero-order valence-electron chi connectivity index (χ0n) is 16.9. The van der Waals surface area contributed by atoms with Crippen molar-refractivity contribution in [2.45, 2.75) is 48.7 Å². The van der Waals surface area contributed by atoms with Gasteiger partial charge in [0.2, 0.25) is 0 Å². The summed E-state index contributed by atoms with van der Waals surface area (Å²) < 4.78 is 0. The first-order valence-electron chi connectivity index (χ1n) is 9.77. The summed E-state index contributed by atoms with van der Waals surface area (Å²) >= 11 is 7.91. The number of hydrogen-bond acceptors (Lipinski definition) is 4. The molecular formula is C23H28Cl3N3S. The molecule has 0 atom stereocenters. The summed E-state index contributed by atoms with van der Waals surface area (Å²) in [6, 6.07) is 17.3. The molecule has 4 rings (SSSR count). The topological polar surface area (TPSA) is 50.9 Å². The van der Waals surface area contributed by atoms with E-state index in [1.54, 1.807) is 11.8 Å². The van der Waals surface area contributed by atoms with Crippen molar-refractivity contribution in [2.24, 2.45) is 5.73 Å². The Morgan fingerprint density at radius 1 is 1.10 bits per heavy atom. The van der Waals surface area contributed by atoms with E-state index >= 15 is 0 Å². The van der Waals surface area contributed by atoms with Gasteiger partial charge in [0.1, 0.15) is 0 Å². The molecule has 0 spiro atoms. The predicted octanol–water partition coefficient (Wildman–Crippen LogP) is 6.34. The maximum absolute atomic E-state index is 6.90. The first kappa shape index (κ1) is 25.3. The Hall–Kier alpha value is -1.01. The molecule has 3 N–H and O–H groups in total. The molecule has 0 saturated heterocycles. The SMILES string of the molecule is CSc1ccc(CNC2CCC(N)(c3ccnc4cc(Cl)ccc34)CC2)cc1.Cl.Cl. The molecule has 3 aromatic rings. The highest BCUT2D eigenvalue weighted by Gasteiger charge is 2.34. The fourth-order valence-electron chi connectivity index (χ4n) is 4.17. The third kappa shape index (κ3) is 5.61. The van der Waals surface area contributed by atoms with Crippen molar-refractivity contribution in [3.8, 4) is 0 Å². The first-order valence-corrected chi connectivity index (χ1v) is 11.4. The highest BCUT2D eigenvalue weighted by molar-refractivity contribution is 7.98. The van der Waals surface area contributed by atoms with Crippen LogP contribution in [-0.4, -0.2) is 17.3 Å². The molecule has 0 unspecified atom stereocenters. The van der Waals surface area contributed by atoms with Gasteiger partial charge in [-0.1, -0.05) is 29.8 Å². The van der Waals surface area contributed by atoms with Crippen LogP contribution in [-0.2, 0) is 12.1 Å². The van der Waals surface area contributed by atoms with E-state index in [1.165, 1.54) is 16.0 Å². The summed E-state index contributed by atoms with van der Waals surface area (Å²) in [4.78, 5) is 5.77. The van der Waals surface area contributed by atoms with Crippen molar-refractivity contribution >= 4 is 59.1 Å². The minimum absolute atomic E-state index is 0. The number of rotatable bonds is 5.